The number of rotatable bonds is 0. The van der Waals surface area contributed by atoms with Gasteiger partial charge >= 0.3 is 12.0 Å². The third kappa shape index (κ3) is 2.02. The lowest BCUT2D eigenvalue weighted by molar-refractivity contribution is -0.149. The zero-order valence-corrected chi connectivity index (χ0v) is 11.6. The van der Waals surface area contributed by atoms with E-state index in [4.69, 9.17) is 9.47 Å². The fourth-order valence-electron chi connectivity index (χ4n) is 2.82. The van der Waals surface area contributed by atoms with Crippen LogP contribution in [0.1, 0.15) is 0 Å². The van der Waals surface area contributed by atoms with E-state index >= 15 is 0 Å². The van der Waals surface area contributed by atoms with Crippen LogP contribution >= 0.6 is 0 Å². The Morgan fingerprint density at radius 1 is 0.957 bits per heavy atom. The van der Waals surface area contributed by atoms with Gasteiger partial charge < -0.3 is 9.47 Å². The van der Waals surface area contributed by atoms with Crippen molar-refractivity contribution >= 4 is 16.6 Å². The molecule has 0 atom stereocenters. The van der Waals surface area contributed by atoms with E-state index < -0.39 is 23.3 Å². The van der Waals surface area contributed by atoms with E-state index in [0.717, 1.165) is 17.5 Å². The third-order valence-electron chi connectivity index (χ3n) is 3.79. The fourth-order valence-corrected chi connectivity index (χ4v) is 2.82. The van der Waals surface area contributed by atoms with Gasteiger partial charge in [0.15, 0.2) is 5.78 Å². The normalized spacial score (nSPS) is 18.6. The Labute approximate surface area is 128 Å². The van der Waals surface area contributed by atoms with Crippen molar-refractivity contribution in [1.82, 2.24) is 0 Å². The number of ketones is 1. The molecule has 116 valence electrons. The van der Waals surface area contributed by atoms with Crippen molar-refractivity contribution in [2.45, 2.75) is 12.0 Å². The molecule has 0 unspecified atom stereocenters. The van der Waals surface area contributed by atoms with Crippen molar-refractivity contribution in [3.05, 3.63) is 60.2 Å². The molecule has 4 rings (SSSR count). The number of carbonyl (C=O) groups excluding carboxylic acids is 1. The highest BCUT2D eigenvalue weighted by molar-refractivity contribution is 6.02. The molecular formula is C17H9F3O3. The maximum atomic E-state index is 13.4. The summed E-state index contributed by atoms with van der Waals surface area (Å²) in [4.78, 5) is 11.4. The maximum absolute atomic E-state index is 13.4. The first-order chi connectivity index (χ1) is 10.9. The molecule has 2 aromatic carbocycles. The van der Waals surface area contributed by atoms with Crippen molar-refractivity contribution < 1.29 is 27.4 Å². The molecule has 6 heteroatoms. The molecule has 0 saturated heterocycles. The summed E-state index contributed by atoms with van der Waals surface area (Å²) in [5.74, 6) is -2.39. The van der Waals surface area contributed by atoms with Crippen LogP contribution in [0.2, 0.25) is 0 Å². The van der Waals surface area contributed by atoms with Gasteiger partial charge in [-0.1, -0.05) is 24.3 Å². The van der Waals surface area contributed by atoms with Crippen LogP contribution in [-0.4, -0.2) is 17.7 Å². The number of hydrogen-bond donors (Lipinski definition) is 0. The van der Waals surface area contributed by atoms with Crippen LogP contribution in [0, 0.1) is 0 Å². The quantitative estimate of drug-likeness (QED) is 0.738. The van der Waals surface area contributed by atoms with Gasteiger partial charge in [0.25, 0.3) is 0 Å². The van der Waals surface area contributed by atoms with E-state index in [-0.39, 0.29) is 11.5 Å². The predicted octanol–water partition coefficient (Wildman–Crippen LogP) is 3.93. The highest BCUT2D eigenvalue weighted by Crippen LogP contribution is 2.48. The minimum atomic E-state index is -4.76. The molecule has 0 bridgehead atoms. The molecule has 1 spiro atoms. The molecule has 1 aliphatic carbocycles. The average molecular weight is 318 g/mol. The van der Waals surface area contributed by atoms with Crippen LogP contribution in [0.4, 0.5) is 13.2 Å². The molecule has 0 N–H and O–H groups in total. The zero-order valence-electron chi connectivity index (χ0n) is 11.6. The van der Waals surface area contributed by atoms with Gasteiger partial charge in [-0.25, -0.2) is 0 Å². The SMILES string of the molecule is O=C1C=CC2(Oc3cccc4cccc(c34)O2)C(C(F)(F)F)=C1. The minimum Gasteiger partial charge on any atom is -0.444 e. The van der Waals surface area contributed by atoms with Gasteiger partial charge in [-0.05, 0) is 23.6 Å². The second kappa shape index (κ2) is 4.38. The number of hydrogen-bond acceptors (Lipinski definition) is 3. The molecular weight excluding hydrogens is 309 g/mol. The van der Waals surface area contributed by atoms with Crippen LogP contribution in [-0.2, 0) is 4.79 Å². The lowest BCUT2D eigenvalue weighted by atomic mass is 9.95. The number of ether oxygens (including phenoxy) is 2. The van der Waals surface area contributed by atoms with Crippen molar-refractivity contribution in [2.75, 3.05) is 0 Å². The Kier molecular flexibility index (Phi) is 2.64. The monoisotopic (exact) mass is 318 g/mol. The van der Waals surface area contributed by atoms with Gasteiger partial charge in [0.1, 0.15) is 17.1 Å². The lowest BCUT2D eigenvalue weighted by Gasteiger charge is -2.39. The molecule has 23 heavy (non-hydrogen) atoms. The molecule has 2 aromatic rings. The van der Waals surface area contributed by atoms with Gasteiger partial charge in [-0.15, -0.1) is 0 Å². The van der Waals surface area contributed by atoms with Crippen molar-refractivity contribution in [3.63, 3.8) is 0 Å². The number of halogens is 3. The topological polar surface area (TPSA) is 35.5 Å². The summed E-state index contributed by atoms with van der Waals surface area (Å²) < 4.78 is 51.3. The van der Waals surface area contributed by atoms with E-state index in [0.29, 0.717) is 11.5 Å². The second-order valence-corrected chi connectivity index (χ2v) is 5.27. The molecule has 3 nitrogen and oxygen atoms in total. The first kappa shape index (κ1) is 13.9. The Hall–Kier alpha value is -2.76. The number of benzene rings is 2. The van der Waals surface area contributed by atoms with Gasteiger partial charge in [0, 0.05) is 12.2 Å². The summed E-state index contributed by atoms with van der Waals surface area (Å²) in [6.07, 6.45) is -2.23. The maximum Gasteiger partial charge on any atom is 0.420 e. The summed E-state index contributed by atoms with van der Waals surface area (Å²) in [5, 5.41) is 1.40. The number of carbonyl (C=O) groups is 1. The van der Waals surface area contributed by atoms with Gasteiger partial charge in [0.2, 0.25) is 0 Å². The van der Waals surface area contributed by atoms with Crippen molar-refractivity contribution in [1.29, 1.82) is 0 Å². The molecule has 2 aliphatic rings. The minimum absolute atomic E-state index is 0.276. The highest BCUT2D eigenvalue weighted by Gasteiger charge is 2.54. The van der Waals surface area contributed by atoms with Crippen LogP contribution < -0.4 is 9.47 Å². The second-order valence-electron chi connectivity index (χ2n) is 5.27. The van der Waals surface area contributed by atoms with Crippen molar-refractivity contribution in [2.24, 2.45) is 0 Å². The third-order valence-corrected chi connectivity index (χ3v) is 3.79. The lowest BCUT2D eigenvalue weighted by Crippen LogP contribution is -2.50. The molecule has 0 radical (unpaired) electrons. The number of alkyl halides is 3. The van der Waals surface area contributed by atoms with E-state index in [1.54, 1.807) is 24.3 Å². The van der Waals surface area contributed by atoms with Crippen LogP contribution in [0.5, 0.6) is 11.5 Å². The molecule has 0 amide bonds. The van der Waals surface area contributed by atoms with Gasteiger partial charge in [-0.3, -0.25) is 4.79 Å². The molecule has 0 fully saturated rings. The van der Waals surface area contributed by atoms with E-state index in [2.05, 4.69) is 0 Å². The van der Waals surface area contributed by atoms with Gasteiger partial charge in [0.05, 0.1) is 5.39 Å². The van der Waals surface area contributed by atoms with Crippen LogP contribution in [0.25, 0.3) is 10.8 Å². The standard InChI is InChI=1S/C17H9F3O3/c18-17(19,20)14-9-11(21)7-8-16(14)22-12-5-1-3-10-4-2-6-13(23-16)15(10)12/h1-9H. The molecule has 0 saturated carbocycles. The van der Waals surface area contributed by atoms with E-state index in [9.17, 15) is 18.0 Å². The molecule has 1 heterocycles. The van der Waals surface area contributed by atoms with Crippen LogP contribution in [0.15, 0.2) is 60.2 Å². The fraction of sp³-hybridized carbons (Fsp3) is 0.118. The highest BCUT2D eigenvalue weighted by atomic mass is 19.4. The van der Waals surface area contributed by atoms with Crippen LogP contribution in [0.3, 0.4) is 0 Å². The number of allylic oxidation sites excluding steroid dienone is 2. The zero-order chi connectivity index (χ0) is 16.2. The largest absolute Gasteiger partial charge is 0.444 e. The summed E-state index contributed by atoms with van der Waals surface area (Å²) in [7, 11) is 0. The predicted molar refractivity (Wildman–Crippen MR) is 76.2 cm³/mol. The smallest absolute Gasteiger partial charge is 0.420 e. The Balaban J connectivity index is 1.93. The van der Waals surface area contributed by atoms with Gasteiger partial charge in [-0.2, -0.15) is 13.2 Å². The van der Waals surface area contributed by atoms with E-state index in [1.807, 2.05) is 12.1 Å². The first-order valence-corrected chi connectivity index (χ1v) is 6.81. The van der Waals surface area contributed by atoms with Crippen molar-refractivity contribution in [3.8, 4) is 11.5 Å². The summed E-state index contributed by atoms with van der Waals surface area (Å²) >= 11 is 0. The Morgan fingerprint density at radius 2 is 1.57 bits per heavy atom. The Morgan fingerprint density at radius 3 is 2.13 bits per heavy atom. The summed E-state index contributed by atoms with van der Waals surface area (Å²) in [6, 6.07) is 10.2. The summed E-state index contributed by atoms with van der Waals surface area (Å²) in [6.45, 7) is 0. The Bertz CT molecular complexity index is 853. The average Bonchev–Trinajstić information content (AvgIpc) is 2.49. The summed E-state index contributed by atoms with van der Waals surface area (Å²) in [5.41, 5.74) is -1.18. The first-order valence-electron chi connectivity index (χ1n) is 6.81. The molecule has 0 aromatic heterocycles. The molecule has 1 aliphatic heterocycles. The van der Waals surface area contributed by atoms with E-state index in [1.165, 1.54) is 0 Å².